The molecule has 0 aromatic rings. The van der Waals surface area contributed by atoms with Crippen molar-refractivity contribution in [1.82, 2.24) is 0 Å². The van der Waals surface area contributed by atoms with E-state index in [1.165, 1.54) is 0 Å². The van der Waals surface area contributed by atoms with Gasteiger partial charge in [-0.25, -0.2) is 0 Å². The maximum atomic E-state index is 11.4. The van der Waals surface area contributed by atoms with Crippen molar-refractivity contribution in [3.63, 3.8) is 0 Å². The van der Waals surface area contributed by atoms with Gasteiger partial charge in [0, 0.05) is 6.61 Å². The average molecular weight is 395 g/mol. The molecule has 160 valence electrons. The predicted octanol–water partition coefficient (Wildman–Crippen LogP) is 4.68. The largest absolute Gasteiger partial charge is 0.377 e. The summed E-state index contributed by atoms with van der Waals surface area (Å²) in [6.07, 6.45) is 6.74. The minimum atomic E-state index is -1.23. The van der Waals surface area contributed by atoms with E-state index in [0.717, 1.165) is 16.7 Å². The Morgan fingerprint density at radius 1 is 1.25 bits per heavy atom. The molecule has 1 heterocycles. The van der Waals surface area contributed by atoms with Crippen LogP contribution >= 0.6 is 0 Å². The van der Waals surface area contributed by atoms with Gasteiger partial charge in [-0.1, -0.05) is 26.5 Å². The average Bonchev–Trinajstić information content (AvgIpc) is 3.15. The van der Waals surface area contributed by atoms with Crippen LogP contribution in [0, 0.1) is 0 Å². The zero-order valence-electron chi connectivity index (χ0n) is 18.8. The van der Waals surface area contributed by atoms with E-state index in [2.05, 4.69) is 6.58 Å². The molecule has 1 aliphatic heterocycles. The summed E-state index contributed by atoms with van der Waals surface area (Å²) in [6, 6.07) is 0. The van der Waals surface area contributed by atoms with Gasteiger partial charge in [0.1, 0.15) is 11.2 Å². The van der Waals surface area contributed by atoms with Crippen molar-refractivity contribution in [1.29, 1.82) is 0 Å². The molecule has 0 bridgehead atoms. The summed E-state index contributed by atoms with van der Waals surface area (Å²) < 4.78 is 23.0. The number of hydrogen-bond acceptors (Lipinski definition) is 5. The molecule has 5 nitrogen and oxygen atoms in total. The SMILES string of the molecule is C=CC(C)(/C=C/C1(O)C(C)=CC2(OCCO2)C(C)=C1C)OC(C)OCC.CC. The lowest BCUT2D eigenvalue weighted by molar-refractivity contribution is -0.164. The van der Waals surface area contributed by atoms with Gasteiger partial charge in [-0.2, -0.15) is 0 Å². The van der Waals surface area contributed by atoms with Crippen molar-refractivity contribution in [3.05, 3.63) is 47.6 Å². The Labute approximate surface area is 170 Å². The predicted molar refractivity (Wildman–Crippen MR) is 113 cm³/mol. The summed E-state index contributed by atoms with van der Waals surface area (Å²) in [5.74, 6) is -0.851. The van der Waals surface area contributed by atoms with Crippen LogP contribution in [-0.2, 0) is 18.9 Å². The minimum absolute atomic E-state index is 0.382. The van der Waals surface area contributed by atoms with Gasteiger partial charge in [-0.05, 0) is 76.5 Å². The second-order valence-electron chi connectivity index (χ2n) is 7.07. The van der Waals surface area contributed by atoms with Crippen LogP contribution in [0.1, 0.15) is 55.4 Å². The first-order valence-corrected chi connectivity index (χ1v) is 10.1. The molecule has 1 N–H and O–H groups in total. The second-order valence-corrected chi connectivity index (χ2v) is 7.07. The van der Waals surface area contributed by atoms with Gasteiger partial charge < -0.3 is 24.1 Å². The van der Waals surface area contributed by atoms with Crippen molar-refractivity contribution in [2.75, 3.05) is 19.8 Å². The van der Waals surface area contributed by atoms with Crippen molar-refractivity contribution in [2.24, 2.45) is 0 Å². The molecule has 0 aromatic carbocycles. The van der Waals surface area contributed by atoms with Gasteiger partial charge in [0.05, 0.1) is 13.2 Å². The number of aliphatic hydroxyl groups is 1. The van der Waals surface area contributed by atoms with Crippen LogP contribution in [0.5, 0.6) is 0 Å². The minimum Gasteiger partial charge on any atom is -0.377 e. The van der Waals surface area contributed by atoms with Crippen LogP contribution in [0.25, 0.3) is 0 Å². The molecule has 3 unspecified atom stereocenters. The van der Waals surface area contributed by atoms with Gasteiger partial charge in [0.25, 0.3) is 0 Å². The third kappa shape index (κ3) is 5.02. The zero-order valence-corrected chi connectivity index (χ0v) is 18.8. The van der Waals surface area contributed by atoms with Crippen molar-refractivity contribution >= 4 is 0 Å². The van der Waals surface area contributed by atoms with E-state index in [1.807, 2.05) is 67.5 Å². The van der Waals surface area contributed by atoms with E-state index in [1.54, 1.807) is 12.2 Å². The van der Waals surface area contributed by atoms with Gasteiger partial charge >= 0.3 is 0 Å². The summed E-state index contributed by atoms with van der Waals surface area (Å²) in [5, 5.41) is 11.4. The molecule has 28 heavy (non-hydrogen) atoms. The van der Waals surface area contributed by atoms with Crippen LogP contribution < -0.4 is 0 Å². The molecule has 0 radical (unpaired) electrons. The Balaban J connectivity index is 0.00000190. The van der Waals surface area contributed by atoms with Crippen molar-refractivity contribution in [2.45, 2.75) is 78.7 Å². The van der Waals surface area contributed by atoms with E-state index >= 15 is 0 Å². The number of hydrogen-bond donors (Lipinski definition) is 1. The lowest BCUT2D eigenvalue weighted by Crippen LogP contribution is -2.43. The van der Waals surface area contributed by atoms with E-state index < -0.39 is 17.0 Å². The molecule has 0 aromatic heterocycles. The Morgan fingerprint density at radius 3 is 2.32 bits per heavy atom. The fourth-order valence-electron chi connectivity index (χ4n) is 3.40. The van der Waals surface area contributed by atoms with Crippen LogP contribution in [0.2, 0.25) is 0 Å². The topological polar surface area (TPSA) is 57.2 Å². The second kappa shape index (κ2) is 9.99. The molecule has 3 atom stereocenters. The molecule has 2 aliphatic rings. The maximum Gasteiger partial charge on any atom is 0.211 e. The first kappa shape index (κ1) is 24.8. The van der Waals surface area contributed by atoms with E-state index in [4.69, 9.17) is 18.9 Å². The Morgan fingerprint density at radius 2 is 1.82 bits per heavy atom. The summed E-state index contributed by atoms with van der Waals surface area (Å²) >= 11 is 0. The highest BCUT2D eigenvalue weighted by Crippen LogP contribution is 2.43. The maximum absolute atomic E-state index is 11.4. The molecule has 1 fully saturated rings. The summed E-state index contributed by atoms with van der Waals surface area (Å²) in [7, 11) is 0. The highest BCUT2D eigenvalue weighted by atomic mass is 16.7. The smallest absolute Gasteiger partial charge is 0.211 e. The number of ether oxygens (including phenoxy) is 4. The van der Waals surface area contributed by atoms with Gasteiger partial charge in [-0.3, -0.25) is 0 Å². The molecule has 2 rings (SSSR count). The lowest BCUT2D eigenvalue weighted by Gasteiger charge is -2.40. The summed E-state index contributed by atoms with van der Waals surface area (Å²) in [6.45, 7) is 20.9. The van der Waals surface area contributed by atoms with Crippen LogP contribution in [0.3, 0.4) is 0 Å². The molecule has 0 saturated carbocycles. The van der Waals surface area contributed by atoms with Crippen LogP contribution in [-0.4, -0.2) is 48.2 Å². The third-order valence-electron chi connectivity index (χ3n) is 5.26. The first-order valence-electron chi connectivity index (χ1n) is 10.1. The van der Waals surface area contributed by atoms with Crippen LogP contribution in [0.4, 0.5) is 0 Å². The van der Waals surface area contributed by atoms with Gasteiger partial charge in [0.15, 0.2) is 6.29 Å². The van der Waals surface area contributed by atoms with E-state index in [0.29, 0.717) is 19.8 Å². The molecular formula is C23H38O5. The quantitative estimate of drug-likeness (QED) is 0.502. The molecule has 5 heteroatoms. The van der Waals surface area contributed by atoms with E-state index in [-0.39, 0.29) is 6.29 Å². The Bertz CT molecular complexity index is 627. The summed E-state index contributed by atoms with van der Waals surface area (Å²) in [5.41, 5.74) is 0.418. The van der Waals surface area contributed by atoms with E-state index in [9.17, 15) is 5.11 Å². The van der Waals surface area contributed by atoms with Crippen LogP contribution in [0.15, 0.2) is 47.6 Å². The molecule has 1 saturated heterocycles. The fraction of sp³-hybridized carbons (Fsp3) is 0.652. The Hall–Kier alpha value is -1.24. The fourth-order valence-corrected chi connectivity index (χ4v) is 3.40. The first-order chi connectivity index (χ1) is 13.1. The van der Waals surface area contributed by atoms with Crippen molar-refractivity contribution in [3.8, 4) is 0 Å². The molecule has 0 amide bonds. The standard InChI is InChI=1S/C21H32O5.C2H6/c1-8-19(7,26-18(6)23-9-2)10-11-20(22)15(3)14-21(17(5)16(20)4)24-12-13-25-21;1-2/h8,10-11,14,18,22H,1,9,12-13H2,2-7H3;1-2H3/b11-10+;. The number of rotatable bonds is 7. The highest BCUT2D eigenvalue weighted by Gasteiger charge is 2.46. The Kier molecular flexibility index (Phi) is 8.85. The normalized spacial score (nSPS) is 27.2. The molecular weight excluding hydrogens is 356 g/mol. The van der Waals surface area contributed by atoms with Gasteiger partial charge in [-0.15, -0.1) is 0 Å². The highest BCUT2D eigenvalue weighted by molar-refractivity contribution is 5.48. The zero-order chi connectivity index (χ0) is 21.6. The molecule has 1 aliphatic carbocycles. The molecule has 1 spiro atoms. The monoisotopic (exact) mass is 394 g/mol. The third-order valence-corrected chi connectivity index (χ3v) is 5.26. The lowest BCUT2D eigenvalue weighted by atomic mass is 9.76. The van der Waals surface area contributed by atoms with Gasteiger partial charge in [0.2, 0.25) is 5.79 Å². The van der Waals surface area contributed by atoms with Crippen molar-refractivity contribution < 1.29 is 24.1 Å². The summed E-state index contributed by atoms with van der Waals surface area (Å²) in [4.78, 5) is 0.